The van der Waals surface area contributed by atoms with E-state index in [1.54, 1.807) is 41.8 Å². The molecule has 0 radical (unpaired) electrons. The molecule has 0 unspecified atom stereocenters. The Morgan fingerprint density at radius 3 is 2.63 bits per heavy atom. The van der Waals surface area contributed by atoms with E-state index >= 15 is 0 Å². The van der Waals surface area contributed by atoms with Crippen molar-refractivity contribution < 1.29 is 4.92 Å². The van der Waals surface area contributed by atoms with Crippen molar-refractivity contribution in [2.45, 2.75) is 0 Å². The molecule has 1 heterocycles. The second kappa shape index (κ2) is 7.94. The van der Waals surface area contributed by atoms with Gasteiger partial charge in [0, 0.05) is 33.7 Å². The Kier molecular flexibility index (Phi) is 5.43. The first-order valence-electron chi connectivity index (χ1n) is 7.57. The maximum absolute atomic E-state index is 10.9. The van der Waals surface area contributed by atoms with Crippen molar-refractivity contribution >= 4 is 45.6 Å². The molecule has 0 bridgehead atoms. The maximum Gasteiger partial charge on any atom is 0.270 e. The number of hydrogen-bond donors (Lipinski definition) is 2. The number of rotatable bonds is 4. The largest absolute Gasteiger partial charge is 0.383 e. The van der Waals surface area contributed by atoms with Gasteiger partial charge in [-0.2, -0.15) is 9.98 Å². The van der Waals surface area contributed by atoms with E-state index in [0.29, 0.717) is 27.0 Å². The summed E-state index contributed by atoms with van der Waals surface area (Å²) in [6.07, 6.45) is 0. The zero-order chi connectivity index (χ0) is 19.4. The van der Waals surface area contributed by atoms with Crippen LogP contribution in [0.2, 0.25) is 5.02 Å². The van der Waals surface area contributed by atoms with E-state index in [2.05, 4.69) is 15.0 Å². The highest BCUT2D eigenvalue weighted by Gasteiger charge is 2.10. The van der Waals surface area contributed by atoms with Gasteiger partial charge < -0.3 is 11.5 Å². The minimum Gasteiger partial charge on any atom is -0.383 e. The summed E-state index contributed by atoms with van der Waals surface area (Å²) < 4.78 is 0. The summed E-state index contributed by atoms with van der Waals surface area (Å²) in [4.78, 5) is 22.9. The van der Waals surface area contributed by atoms with Gasteiger partial charge in [0.05, 0.1) is 10.6 Å². The monoisotopic (exact) mass is 400 g/mol. The average molecular weight is 401 g/mol. The van der Waals surface area contributed by atoms with E-state index in [0.717, 1.165) is 0 Å². The first-order valence-corrected chi connectivity index (χ1v) is 8.83. The summed E-state index contributed by atoms with van der Waals surface area (Å²) in [6, 6.07) is 13.0. The third-order valence-corrected chi connectivity index (χ3v) is 4.42. The quantitative estimate of drug-likeness (QED) is 0.298. The zero-order valence-corrected chi connectivity index (χ0v) is 15.3. The fourth-order valence-electron chi connectivity index (χ4n) is 2.16. The van der Waals surface area contributed by atoms with Crippen LogP contribution in [0.4, 0.5) is 10.8 Å². The summed E-state index contributed by atoms with van der Waals surface area (Å²) in [5.74, 6) is 0.144. The lowest BCUT2D eigenvalue weighted by molar-refractivity contribution is -0.384. The SMILES string of the molecule is N/C(=N\C(N)=N\c1nc(-c2cccc([N+](=O)[O-])c2)cs1)c1ccc(Cl)cc1. The number of nitrogens with zero attached hydrogens (tertiary/aromatic N) is 4. The van der Waals surface area contributed by atoms with E-state index in [-0.39, 0.29) is 17.5 Å². The van der Waals surface area contributed by atoms with Crippen LogP contribution in [-0.4, -0.2) is 21.7 Å². The fraction of sp³-hybridized carbons (Fsp3) is 0. The maximum atomic E-state index is 10.9. The molecule has 0 fully saturated rings. The lowest BCUT2D eigenvalue weighted by atomic mass is 10.1. The highest BCUT2D eigenvalue weighted by molar-refractivity contribution is 7.13. The van der Waals surface area contributed by atoms with Crippen molar-refractivity contribution in [3.05, 3.63) is 74.6 Å². The number of guanidine groups is 1. The van der Waals surface area contributed by atoms with Gasteiger partial charge in [0.15, 0.2) is 0 Å². The summed E-state index contributed by atoms with van der Waals surface area (Å²) in [5, 5.41) is 13.6. The molecule has 0 aliphatic heterocycles. The van der Waals surface area contributed by atoms with Gasteiger partial charge in [-0.25, -0.2) is 4.98 Å². The molecule has 0 amide bonds. The van der Waals surface area contributed by atoms with Gasteiger partial charge in [0.1, 0.15) is 5.84 Å². The number of benzene rings is 2. The van der Waals surface area contributed by atoms with Crippen molar-refractivity contribution in [2.75, 3.05) is 0 Å². The summed E-state index contributed by atoms with van der Waals surface area (Å²) in [6.45, 7) is 0. The molecule has 3 rings (SSSR count). The summed E-state index contributed by atoms with van der Waals surface area (Å²) in [7, 11) is 0. The van der Waals surface area contributed by atoms with Gasteiger partial charge in [-0.05, 0) is 24.3 Å². The van der Waals surface area contributed by atoms with Crippen LogP contribution in [-0.2, 0) is 0 Å². The number of aromatic nitrogens is 1. The molecule has 136 valence electrons. The van der Waals surface area contributed by atoms with Crippen molar-refractivity contribution in [1.82, 2.24) is 4.98 Å². The van der Waals surface area contributed by atoms with Crippen LogP contribution < -0.4 is 11.5 Å². The first kappa shape index (κ1) is 18.5. The van der Waals surface area contributed by atoms with E-state index in [1.807, 2.05) is 0 Å². The molecule has 0 saturated carbocycles. The van der Waals surface area contributed by atoms with Crippen molar-refractivity contribution in [2.24, 2.45) is 21.5 Å². The molecule has 10 heteroatoms. The van der Waals surface area contributed by atoms with Crippen LogP contribution in [0.25, 0.3) is 11.3 Å². The van der Waals surface area contributed by atoms with Crippen LogP contribution in [0, 0.1) is 10.1 Å². The van der Waals surface area contributed by atoms with Crippen molar-refractivity contribution in [3.63, 3.8) is 0 Å². The van der Waals surface area contributed by atoms with Gasteiger partial charge in [-0.15, -0.1) is 11.3 Å². The second-order valence-electron chi connectivity index (χ2n) is 5.30. The Hall–Kier alpha value is -3.30. The van der Waals surface area contributed by atoms with Crippen LogP contribution in [0.15, 0.2) is 63.9 Å². The normalized spacial score (nSPS) is 12.2. The highest BCUT2D eigenvalue weighted by atomic mass is 35.5. The van der Waals surface area contributed by atoms with Gasteiger partial charge in [-0.1, -0.05) is 23.7 Å². The fourth-order valence-corrected chi connectivity index (χ4v) is 2.99. The average Bonchev–Trinajstić information content (AvgIpc) is 3.10. The van der Waals surface area contributed by atoms with Gasteiger partial charge in [-0.3, -0.25) is 10.1 Å². The van der Waals surface area contributed by atoms with E-state index in [9.17, 15) is 10.1 Å². The molecular formula is C17H13ClN6O2S. The molecular weight excluding hydrogens is 388 g/mol. The number of hydrogen-bond acceptors (Lipinski definition) is 5. The Morgan fingerprint density at radius 2 is 1.93 bits per heavy atom. The van der Waals surface area contributed by atoms with Crippen LogP contribution in [0.5, 0.6) is 0 Å². The van der Waals surface area contributed by atoms with E-state index in [4.69, 9.17) is 23.1 Å². The van der Waals surface area contributed by atoms with Crippen LogP contribution in [0.3, 0.4) is 0 Å². The molecule has 0 aliphatic carbocycles. The minimum absolute atomic E-state index is 0.00889. The van der Waals surface area contributed by atoms with Gasteiger partial charge in [0.25, 0.3) is 5.69 Å². The number of non-ortho nitro benzene ring substituents is 1. The summed E-state index contributed by atoms with van der Waals surface area (Å²) in [5.41, 5.74) is 13.6. The number of aliphatic imine (C=N–C) groups is 2. The number of thiazole rings is 1. The number of nitrogens with two attached hydrogens (primary N) is 2. The van der Waals surface area contributed by atoms with Crippen LogP contribution >= 0.6 is 22.9 Å². The zero-order valence-electron chi connectivity index (χ0n) is 13.7. The molecule has 0 spiro atoms. The van der Waals surface area contributed by atoms with Crippen LogP contribution in [0.1, 0.15) is 5.56 Å². The lowest BCUT2D eigenvalue weighted by Crippen LogP contribution is -2.19. The molecule has 0 atom stereocenters. The Balaban J connectivity index is 1.81. The van der Waals surface area contributed by atoms with Gasteiger partial charge in [0.2, 0.25) is 11.1 Å². The first-order chi connectivity index (χ1) is 12.9. The molecule has 0 saturated heterocycles. The Morgan fingerprint density at radius 1 is 1.19 bits per heavy atom. The molecule has 1 aromatic heterocycles. The third-order valence-electron chi connectivity index (χ3n) is 3.43. The third kappa shape index (κ3) is 4.66. The molecule has 0 aliphatic rings. The van der Waals surface area contributed by atoms with Crippen molar-refractivity contribution in [1.29, 1.82) is 0 Å². The van der Waals surface area contributed by atoms with Crippen molar-refractivity contribution in [3.8, 4) is 11.3 Å². The predicted octanol–water partition coefficient (Wildman–Crippen LogP) is 3.72. The lowest BCUT2D eigenvalue weighted by Gasteiger charge is -2.00. The number of amidine groups is 1. The smallest absolute Gasteiger partial charge is 0.270 e. The summed E-state index contributed by atoms with van der Waals surface area (Å²) >= 11 is 7.07. The molecule has 27 heavy (non-hydrogen) atoms. The highest BCUT2D eigenvalue weighted by Crippen LogP contribution is 2.28. The van der Waals surface area contributed by atoms with E-state index < -0.39 is 4.92 Å². The predicted molar refractivity (Wildman–Crippen MR) is 108 cm³/mol. The standard InChI is InChI=1S/C17H13ClN6O2S/c18-12-6-4-10(5-7-12)15(19)22-16(20)23-17-21-14(9-27-17)11-2-1-3-13(8-11)24(25)26/h1-9H,(H4,19,20,21,22,23). The molecule has 2 aromatic carbocycles. The Labute approximate surface area is 163 Å². The van der Waals surface area contributed by atoms with Gasteiger partial charge >= 0.3 is 0 Å². The topological polar surface area (TPSA) is 133 Å². The molecule has 3 aromatic rings. The second-order valence-corrected chi connectivity index (χ2v) is 6.57. The number of nitro benzene ring substituents is 1. The minimum atomic E-state index is -0.457. The number of nitro groups is 1. The molecule has 4 N–H and O–H groups in total. The van der Waals surface area contributed by atoms with E-state index in [1.165, 1.54) is 23.5 Å². The Bertz CT molecular complexity index is 1050. The molecule has 8 nitrogen and oxygen atoms in total. The number of halogens is 1.